The minimum Gasteiger partial charge on any atom is -0.487 e. The zero-order valence-electron chi connectivity index (χ0n) is 19.0. The smallest absolute Gasteiger partial charge is 0.275 e. The molecule has 1 aromatic carbocycles. The van der Waals surface area contributed by atoms with Crippen LogP contribution in [0.5, 0.6) is 5.75 Å². The van der Waals surface area contributed by atoms with Gasteiger partial charge in [-0.3, -0.25) is 14.9 Å². The molecule has 0 aliphatic heterocycles. The minimum absolute atomic E-state index is 0.0557. The van der Waals surface area contributed by atoms with Gasteiger partial charge in [-0.1, -0.05) is 48.7 Å². The number of hydrogen-bond donors (Lipinski definition) is 1. The number of nitrogens with one attached hydrogen (secondary N) is 1. The van der Waals surface area contributed by atoms with Crippen LogP contribution in [-0.4, -0.2) is 30.7 Å². The number of aromatic nitrogens is 5. The molecule has 0 unspecified atom stereocenters. The lowest BCUT2D eigenvalue weighted by Gasteiger charge is -2.06. The first-order valence-corrected chi connectivity index (χ1v) is 12.5. The van der Waals surface area contributed by atoms with E-state index >= 15 is 0 Å². The van der Waals surface area contributed by atoms with Crippen molar-refractivity contribution in [1.29, 1.82) is 5.26 Å². The number of rotatable bonds is 9. The van der Waals surface area contributed by atoms with E-state index in [4.69, 9.17) is 4.74 Å². The lowest BCUT2D eigenvalue weighted by molar-refractivity contribution is -0.112. The second-order valence-corrected chi connectivity index (χ2v) is 9.46. The van der Waals surface area contributed by atoms with Crippen molar-refractivity contribution in [3.8, 4) is 11.8 Å². The summed E-state index contributed by atoms with van der Waals surface area (Å²) in [6.07, 6.45) is 3.94. The number of carbonyl (C=O) groups is 1. The lowest BCUT2D eigenvalue weighted by atomic mass is 10.1. The van der Waals surface area contributed by atoms with E-state index in [1.165, 1.54) is 39.3 Å². The molecule has 10 nitrogen and oxygen atoms in total. The van der Waals surface area contributed by atoms with Crippen molar-refractivity contribution < 1.29 is 9.53 Å². The Morgan fingerprint density at radius 2 is 2.00 bits per heavy atom. The summed E-state index contributed by atoms with van der Waals surface area (Å²) in [4.78, 5) is 29.7. The maximum atomic E-state index is 12.5. The van der Waals surface area contributed by atoms with Crippen molar-refractivity contribution in [3.63, 3.8) is 0 Å². The van der Waals surface area contributed by atoms with Gasteiger partial charge in [-0.15, -0.1) is 10.2 Å². The molecule has 0 aliphatic carbocycles. The predicted molar refractivity (Wildman–Crippen MR) is 133 cm³/mol. The fourth-order valence-electron chi connectivity index (χ4n) is 3.03. The Labute approximate surface area is 208 Å². The van der Waals surface area contributed by atoms with E-state index < -0.39 is 5.91 Å². The van der Waals surface area contributed by atoms with Crippen LogP contribution in [0.15, 0.2) is 40.7 Å². The van der Waals surface area contributed by atoms with Crippen molar-refractivity contribution in [3.05, 3.63) is 67.5 Å². The average molecular weight is 508 g/mol. The second-order valence-electron chi connectivity index (χ2n) is 7.36. The highest BCUT2D eigenvalue weighted by Gasteiger charge is 2.13. The molecular formula is C23H21N7O3S2. The maximum Gasteiger partial charge on any atom is 0.275 e. The van der Waals surface area contributed by atoms with Crippen LogP contribution in [0.1, 0.15) is 41.5 Å². The fourth-order valence-corrected chi connectivity index (χ4v) is 4.72. The number of benzene rings is 1. The van der Waals surface area contributed by atoms with Crippen LogP contribution in [0.2, 0.25) is 0 Å². The largest absolute Gasteiger partial charge is 0.487 e. The quantitative estimate of drug-likeness (QED) is 0.268. The molecule has 3 heterocycles. The summed E-state index contributed by atoms with van der Waals surface area (Å²) in [5.74, 6) is 0.0112. The summed E-state index contributed by atoms with van der Waals surface area (Å²) in [6, 6.07) is 10.2. The van der Waals surface area contributed by atoms with Gasteiger partial charge in [-0.2, -0.15) is 14.9 Å². The second kappa shape index (κ2) is 11.0. The third-order valence-electron chi connectivity index (χ3n) is 4.74. The molecule has 3 aromatic heterocycles. The van der Waals surface area contributed by atoms with E-state index in [2.05, 4.69) is 25.6 Å². The van der Waals surface area contributed by atoms with Gasteiger partial charge in [0.2, 0.25) is 10.1 Å². The third-order valence-corrected chi connectivity index (χ3v) is 6.69. The van der Waals surface area contributed by atoms with E-state index in [0.29, 0.717) is 27.1 Å². The van der Waals surface area contributed by atoms with Gasteiger partial charge in [0, 0.05) is 12.5 Å². The Morgan fingerprint density at radius 1 is 1.20 bits per heavy atom. The van der Waals surface area contributed by atoms with Crippen molar-refractivity contribution in [2.75, 3.05) is 5.32 Å². The highest BCUT2D eigenvalue weighted by Crippen LogP contribution is 2.19. The van der Waals surface area contributed by atoms with Crippen LogP contribution in [0.3, 0.4) is 0 Å². The molecule has 1 N–H and O–H groups in total. The summed E-state index contributed by atoms with van der Waals surface area (Å²) in [7, 11) is 0. The number of aryl methyl sites for hydroxylation is 2. The Hall–Kier alpha value is -3.95. The van der Waals surface area contributed by atoms with Crippen LogP contribution >= 0.6 is 22.7 Å². The van der Waals surface area contributed by atoms with Crippen LogP contribution in [0.25, 0.3) is 11.0 Å². The first kappa shape index (κ1) is 24.2. The number of carbonyl (C=O) groups excluding carboxylic acids is 1. The minimum atomic E-state index is -0.547. The van der Waals surface area contributed by atoms with Gasteiger partial charge in [0.25, 0.3) is 11.5 Å². The Morgan fingerprint density at radius 3 is 2.71 bits per heavy atom. The summed E-state index contributed by atoms with van der Waals surface area (Å²) < 4.78 is 7.06. The molecule has 0 bridgehead atoms. The molecular weight excluding hydrogens is 486 g/mol. The van der Waals surface area contributed by atoms with Crippen LogP contribution < -0.4 is 15.6 Å². The molecule has 0 fully saturated rings. The van der Waals surface area contributed by atoms with Gasteiger partial charge < -0.3 is 4.74 Å². The van der Waals surface area contributed by atoms with E-state index in [9.17, 15) is 14.9 Å². The van der Waals surface area contributed by atoms with Crippen molar-refractivity contribution in [2.24, 2.45) is 0 Å². The van der Waals surface area contributed by atoms with Crippen molar-refractivity contribution in [1.82, 2.24) is 24.8 Å². The lowest BCUT2D eigenvalue weighted by Crippen LogP contribution is -2.16. The van der Waals surface area contributed by atoms with Gasteiger partial charge in [-0.05, 0) is 36.6 Å². The Kier molecular flexibility index (Phi) is 7.59. The molecule has 0 aliphatic rings. The highest BCUT2D eigenvalue weighted by atomic mass is 32.1. The van der Waals surface area contributed by atoms with Crippen LogP contribution in [-0.2, 0) is 24.2 Å². The van der Waals surface area contributed by atoms with Gasteiger partial charge in [0.1, 0.15) is 34.0 Å². The normalized spacial score (nSPS) is 11.4. The zero-order chi connectivity index (χ0) is 24.8. The van der Waals surface area contributed by atoms with Gasteiger partial charge in [0.05, 0.1) is 5.69 Å². The van der Waals surface area contributed by atoms with Crippen LogP contribution in [0.4, 0.5) is 5.13 Å². The predicted octanol–water partition coefficient (Wildman–Crippen LogP) is 3.64. The average Bonchev–Trinajstić information content (AvgIpc) is 3.49. The fraction of sp³-hybridized carbons (Fsp3) is 0.261. The summed E-state index contributed by atoms with van der Waals surface area (Å²) in [6.45, 7) is 4.13. The Balaban J connectivity index is 1.40. The van der Waals surface area contributed by atoms with E-state index in [1.54, 1.807) is 24.3 Å². The summed E-state index contributed by atoms with van der Waals surface area (Å²) in [5, 5.41) is 26.3. The van der Waals surface area contributed by atoms with E-state index in [-0.39, 0.29) is 17.7 Å². The molecule has 0 spiro atoms. The molecule has 0 atom stereocenters. The third kappa shape index (κ3) is 5.95. The molecule has 0 saturated heterocycles. The number of amides is 1. The molecule has 0 saturated carbocycles. The van der Waals surface area contributed by atoms with E-state index in [1.807, 2.05) is 19.9 Å². The topological polar surface area (TPSA) is 135 Å². The number of fused-ring (bicyclic) bond motifs is 1. The maximum absolute atomic E-state index is 12.5. The molecule has 1 amide bonds. The van der Waals surface area contributed by atoms with Crippen molar-refractivity contribution >= 4 is 44.7 Å². The number of hydrogen-bond acceptors (Lipinski definition) is 10. The zero-order valence-corrected chi connectivity index (χ0v) is 20.7. The molecule has 35 heavy (non-hydrogen) atoms. The van der Waals surface area contributed by atoms with E-state index in [0.717, 1.165) is 29.3 Å². The Bertz CT molecular complexity index is 1480. The first-order chi connectivity index (χ1) is 17.0. The van der Waals surface area contributed by atoms with Crippen molar-refractivity contribution in [2.45, 2.75) is 39.7 Å². The van der Waals surface area contributed by atoms with Gasteiger partial charge >= 0.3 is 0 Å². The highest BCUT2D eigenvalue weighted by molar-refractivity contribution is 7.16. The number of nitrogens with zero attached hydrogens (tertiary/aromatic N) is 6. The molecule has 4 aromatic rings. The number of anilines is 1. The first-order valence-electron chi connectivity index (χ1n) is 10.9. The number of nitriles is 1. The molecule has 178 valence electrons. The van der Waals surface area contributed by atoms with Gasteiger partial charge in [0.15, 0.2) is 0 Å². The molecule has 4 rings (SSSR count). The number of ether oxygens (including phenoxy) is 1. The SMILES string of the molecule is CCCc1nnc(NC(=O)C(C#N)=Cc2ccc(OCc3cc(=O)n4nc(CC)sc4n3)cc2)s1. The van der Waals surface area contributed by atoms with Gasteiger partial charge in [-0.25, -0.2) is 4.98 Å². The standard InChI is InChI=1S/C23H21N7O3S2/c1-3-5-19-27-28-22(34-19)26-21(32)15(12-24)10-14-6-8-17(9-7-14)33-13-16-11-20(31)30-23(25-16)35-18(4-2)29-30/h6-11H,3-5,13H2,1-2H3,(H,26,28,32). The monoisotopic (exact) mass is 507 g/mol. The molecule has 12 heteroatoms. The summed E-state index contributed by atoms with van der Waals surface area (Å²) in [5.41, 5.74) is 0.859. The van der Waals surface area contributed by atoms with Crippen LogP contribution in [0, 0.1) is 11.3 Å². The summed E-state index contributed by atoms with van der Waals surface area (Å²) >= 11 is 2.67. The molecule has 0 radical (unpaired) electrons.